The standard InChI is InChI=1S/C23H18F3N3O2S/c1-14-4-2-5-15(10-14)11-20-21(30)28-22(32-20)29-27-13-18-8-9-19(31-18)16-6-3-7-17(12-16)23(24,25)26/h2-10,12-13,20H,11H2,1H3,(H,28,29,30)/b27-13+. The van der Waals surface area contributed by atoms with Crippen LogP contribution >= 0.6 is 11.8 Å². The zero-order chi connectivity index (χ0) is 22.7. The van der Waals surface area contributed by atoms with Crippen LogP contribution in [0.4, 0.5) is 13.2 Å². The minimum atomic E-state index is -4.43. The Kier molecular flexibility index (Phi) is 6.18. The SMILES string of the molecule is Cc1cccc(CC2S/C(=N/N=C/c3ccc(-c4cccc(C(F)(F)F)c4)o3)NC2=O)c1. The number of carbonyl (C=O) groups is 1. The molecule has 4 rings (SSSR count). The van der Waals surface area contributed by atoms with E-state index < -0.39 is 11.7 Å². The van der Waals surface area contributed by atoms with Crippen LogP contribution in [0, 0.1) is 6.92 Å². The molecule has 0 bridgehead atoms. The van der Waals surface area contributed by atoms with Gasteiger partial charge in [0.15, 0.2) is 5.17 Å². The Morgan fingerprint density at radius 2 is 1.94 bits per heavy atom. The lowest BCUT2D eigenvalue weighted by Crippen LogP contribution is -2.25. The molecule has 0 saturated carbocycles. The van der Waals surface area contributed by atoms with Crippen molar-refractivity contribution >= 4 is 29.1 Å². The van der Waals surface area contributed by atoms with Crippen molar-refractivity contribution < 1.29 is 22.4 Å². The van der Waals surface area contributed by atoms with Crippen LogP contribution in [0.3, 0.4) is 0 Å². The summed E-state index contributed by atoms with van der Waals surface area (Å²) in [6, 6.07) is 16.0. The van der Waals surface area contributed by atoms with Gasteiger partial charge in [0.05, 0.1) is 17.0 Å². The third kappa shape index (κ3) is 5.28. The van der Waals surface area contributed by atoms with Crippen LogP contribution in [0.15, 0.2) is 75.3 Å². The Labute approximate surface area is 186 Å². The summed E-state index contributed by atoms with van der Waals surface area (Å²) in [6.45, 7) is 2.00. The highest BCUT2D eigenvalue weighted by molar-refractivity contribution is 8.15. The first-order chi connectivity index (χ1) is 15.3. The second-order valence-corrected chi connectivity index (χ2v) is 8.41. The fourth-order valence-corrected chi connectivity index (χ4v) is 4.17. The molecule has 1 atom stereocenters. The van der Waals surface area contributed by atoms with Gasteiger partial charge in [-0.1, -0.05) is 53.7 Å². The smallest absolute Gasteiger partial charge is 0.416 e. The van der Waals surface area contributed by atoms with Crippen LogP contribution in [-0.4, -0.2) is 22.5 Å². The lowest BCUT2D eigenvalue weighted by atomic mass is 10.1. The molecule has 2 heterocycles. The molecule has 164 valence electrons. The zero-order valence-corrected chi connectivity index (χ0v) is 17.7. The van der Waals surface area contributed by atoms with E-state index in [1.165, 1.54) is 30.1 Å². The number of rotatable bonds is 5. The molecular formula is C23H18F3N3O2S. The number of carbonyl (C=O) groups excluding carboxylic acids is 1. The second kappa shape index (κ2) is 9.04. The Balaban J connectivity index is 1.40. The molecule has 5 nitrogen and oxygen atoms in total. The first-order valence-electron chi connectivity index (χ1n) is 9.69. The van der Waals surface area contributed by atoms with E-state index >= 15 is 0 Å². The predicted octanol–water partition coefficient (Wildman–Crippen LogP) is 5.44. The molecule has 32 heavy (non-hydrogen) atoms. The first-order valence-corrected chi connectivity index (χ1v) is 10.6. The van der Waals surface area contributed by atoms with E-state index in [9.17, 15) is 18.0 Å². The molecular weight excluding hydrogens is 439 g/mol. The number of alkyl halides is 3. The van der Waals surface area contributed by atoms with Crippen LogP contribution in [0.5, 0.6) is 0 Å². The van der Waals surface area contributed by atoms with Gasteiger partial charge in [0.1, 0.15) is 11.5 Å². The van der Waals surface area contributed by atoms with Crippen molar-refractivity contribution in [1.82, 2.24) is 5.32 Å². The molecule has 1 N–H and O–H groups in total. The average molecular weight is 457 g/mol. The number of aryl methyl sites for hydroxylation is 1. The first kappa shape index (κ1) is 21.9. The second-order valence-electron chi connectivity index (χ2n) is 7.22. The summed E-state index contributed by atoms with van der Waals surface area (Å²) < 4.78 is 44.3. The number of amides is 1. The van der Waals surface area contributed by atoms with Crippen molar-refractivity contribution in [2.24, 2.45) is 10.2 Å². The van der Waals surface area contributed by atoms with E-state index in [4.69, 9.17) is 4.42 Å². The van der Waals surface area contributed by atoms with Crippen LogP contribution < -0.4 is 5.32 Å². The van der Waals surface area contributed by atoms with Gasteiger partial charge in [-0.3, -0.25) is 4.79 Å². The molecule has 1 fully saturated rings. The summed E-state index contributed by atoms with van der Waals surface area (Å²) in [7, 11) is 0. The largest absolute Gasteiger partial charge is 0.455 e. The van der Waals surface area contributed by atoms with Crippen molar-refractivity contribution in [2.45, 2.75) is 24.8 Å². The maximum Gasteiger partial charge on any atom is 0.416 e. The molecule has 0 spiro atoms. The minimum Gasteiger partial charge on any atom is -0.455 e. The van der Waals surface area contributed by atoms with Crippen LogP contribution in [0.1, 0.15) is 22.5 Å². The van der Waals surface area contributed by atoms with Crippen LogP contribution in [0.2, 0.25) is 0 Å². The molecule has 1 aliphatic rings. The third-order valence-corrected chi connectivity index (χ3v) is 5.79. The van der Waals surface area contributed by atoms with E-state index in [1.807, 2.05) is 31.2 Å². The van der Waals surface area contributed by atoms with Gasteiger partial charge < -0.3 is 9.73 Å². The molecule has 3 aromatic rings. The number of halogens is 3. The lowest BCUT2D eigenvalue weighted by Gasteiger charge is -2.07. The highest BCUT2D eigenvalue weighted by Crippen LogP contribution is 2.32. The summed E-state index contributed by atoms with van der Waals surface area (Å²) in [6.07, 6.45) is -2.51. The van der Waals surface area contributed by atoms with E-state index in [0.717, 1.165) is 23.3 Å². The maximum absolute atomic E-state index is 12.9. The van der Waals surface area contributed by atoms with Gasteiger partial charge in [0.2, 0.25) is 5.91 Å². The van der Waals surface area contributed by atoms with Crippen molar-refractivity contribution in [2.75, 3.05) is 0 Å². The number of nitrogens with one attached hydrogen (secondary N) is 1. The summed E-state index contributed by atoms with van der Waals surface area (Å²) in [5, 5.41) is 10.7. The van der Waals surface area contributed by atoms with E-state index in [-0.39, 0.29) is 16.9 Å². The van der Waals surface area contributed by atoms with Gasteiger partial charge in [-0.05, 0) is 43.2 Å². The van der Waals surface area contributed by atoms with Crippen LogP contribution in [0.25, 0.3) is 11.3 Å². The number of hydrogen-bond donors (Lipinski definition) is 1. The molecule has 1 amide bonds. The molecule has 1 saturated heterocycles. The zero-order valence-electron chi connectivity index (χ0n) is 16.9. The molecule has 2 aromatic carbocycles. The monoisotopic (exact) mass is 457 g/mol. The maximum atomic E-state index is 12.9. The number of furan rings is 1. The Morgan fingerprint density at radius 1 is 1.12 bits per heavy atom. The molecule has 9 heteroatoms. The quantitative estimate of drug-likeness (QED) is 0.410. The van der Waals surface area contributed by atoms with Gasteiger partial charge in [-0.2, -0.15) is 18.3 Å². The Morgan fingerprint density at radius 3 is 2.72 bits per heavy atom. The topological polar surface area (TPSA) is 67.0 Å². The Bertz CT molecular complexity index is 1200. The lowest BCUT2D eigenvalue weighted by molar-refractivity contribution is -0.137. The normalized spacial score (nSPS) is 17.9. The van der Waals surface area contributed by atoms with Gasteiger partial charge >= 0.3 is 6.18 Å². The average Bonchev–Trinajstić information content (AvgIpc) is 3.35. The number of benzene rings is 2. The van der Waals surface area contributed by atoms with E-state index in [0.29, 0.717) is 22.9 Å². The number of nitrogens with zero attached hydrogens (tertiary/aromatic N) is 2. The predicted molar refractivity (Wildman–Crippen MR) is 119 cm³/mol. The third-order valence-electron chi connectivity index (χ3n) is 4.71. The molecule has 1 unspecified atom stereocenters. The molecule has 0 radical (unpaired) electrons. The highest BCUT2D eigenvalue weighted by atomic mass is 32.2. The van der Waals surface area contributed by atoms with Gasteiger partial charge in [0, 0.05) is 5.56 Å². The number of amidine groups is 1. The van der Waals surface area contributed by atoms with Gasteiger partial charge in [-0.25, -0.2) is 0 Å². The van der Waals surface area contributed by atoms with Crippen molar-refractivity contribution in [1.29, 1.82) is 0 Å². The van der Waals surface area contributed by atoms with E-state index in [1.54, 1.807) is 12.1 Å². The van der Waals surface area contributed by atoms with Crippen molar-refractivity contribution in [3.8, 4) is 11.3 Å². The summed E-state index contributed by atoms with van der Waals surface area (Å²) in [4.78, 5) is 12.2. The fourth-order valence-electron chi connectivity index (χ4n) is 3.20. The van der Waals surface area contributed by atoms with Gasteiger partial charge in [-0.15, -0.1) is 5.10 Å². The number of thioether (sulfide) groups is 1. The Hall–Kier alpha value is -3.33. The van der Waals surface area contributed by atoms with E-state index in [2.05, 4.69) is 15.5 Å². The summed E-state index contributed by atoms with van der Waals surface area (Å²) in [5.74, 6) is 0.481. The fraction of sp³-hybridized carbons (Fsp3) is 0.174. The summed E-state index contributed by atoms with van der Waals surface area (Å²) >= 11 is 1.30. The number of hydrogen-bond acceptors (Lipinski definition) is 5. The summed E-state index contributed by atoms with van der Waals surface area (Å²) in [5.41, 5.74) is 1.76. The highest BCUT2D eigenvalue weighted by Gasteiger charge is 2.31. The van der Waals surface area contributed by atoms with Crippen molar-refractivity contribution in [3.05, 3.63) is 83.1 Å². The molecule has 1 aromatic heterocycles. The molecule has 0 aliphatic carbocycles. The van der Waals surface area contributed by atoms with Crippen LogP contribution in [-0.2, 0) is 17.4 Å². The molecule has 1 aliphatic heterocycles. The van der Waals surface area contributed by atoms with Crippen molar-refractivity contribution in [3.63, 3.8) is 0 Å². The minimum absolute atomic E-state index is 0.129. The van der Waals surface area contributed by atoms with Gasteiger partial charge in [0.25, 0.3) is 0 Å².